The Morgan fingerprint density at radius 1 is 0.840 bits per heavy atom. The van der Waals surface area contributed by atoms with Gasteiger partial charge in [-0.25, -0.2) is 0 Å². The number of aliphatic hydroxyl groups excluding tert-OH is 1. The van der Waals surface area contributed by atoms with Crippen molar-refractivity contribution < 1.29 is 24.1 Å². The van der Waals surface area contributed by atoms with Crippen LogP contribution in [0.25, 0.3) is 0 Å². The van der Waals surface area contributed by atoms with Crippen LogP contribution in [0.3, 0.4) is 0 Å². The first-order valence-corrected chi connectivity index (χ1v) is 8.42. The molecule has 134 valence electrons. The molecule has 5 heteroatoms. The lowest BCUT2D eigenvalue weighted by Crippen LogP contribution is -2.39. The quantitative estimate of drug-likeness (QED) is 0.797. The summed E-state index contributed by atoms with van der Waals surface area (Å²) < 4.78 is 23.2. The fourth-order valence-electron chi connectivity index (χ4n) is 2.94. The van der Waals surface area contributed by atoms with Gasteiger partial charge in [-0.15, -0.1) is 0 Å². The van der Waals surface area contributed by atoms with E-state index in [0.29, 0.717) is 13.2 Å². The Labute approximate surface area is 148 Å². The van der Waals surface area contributed by atoms with Gasteiger partial charge in [0.1, 0.15) is 18.3 Å². The van der Waals surface area contributed by atoms with Crippen LogP contribution in [0, 0.1) is 0 Å². The Bertz CT molecular complexity index is 563. The van der Waals surface area contributed by atoms with Crippen molar-refractivity contribution >= 4 is 0 Å². The highest BCUT2D eigenvalue weighted by molar-refractivity contribution is 5.14. The summed E-state index contributed by atoms with van der Waals surface area (Å²) >= 11 is 0. The largest absolute Gasteiger partial charge is 0.394 e. The molecule has 1 saturated heterocycles. The molecule has 0 bridgehead atoms. The number of methoxy groups -OCH3 is 1. The third kappa shape index (κ3) is 4.66. The standard InChI is InChI=1S/C20H24O5/c1-22-20-19(24-14-16-10-6-3-7-11-16)18(17(12-21)25-20)23-13-15-8-4-2-5-9-15/h2-11,17-21H,12-14H2,1H3/t17-,18+,19-,20?/m0/s1. The summed E-state index contributed by atoms with van der Waals surface area (Å²) in [6.45, 7) is 0.704. The van der Waals surface area contributed by atoms with Gasteiger partial charge in [-0.1, -0.05) is 60.7 Å². The number of rotatable bonds is 8. The molecule has 25 heavy (non-hydrogen) atoms. The number of hydrogen-bond donors (Lipinski definition) is 1. The molecule has 2 aromatic carbocycles. The molecular weight excluding hydrogens is 320 g/mol. The van der Waals surface area contributed by atoms with Crippen molar-refractivity contribution in [3.63, 3.8) is 0 Å². The van der Waals surface area contributed by atoms with Gasteiger partial charge >= 0.3 is 0 Å². The highest BCUT2D eigenvalue weighted by Crippen LogP contribution is 2.28. The van der Waals surface area contributed by atoms with Crippen LogP contribution in [0.1, 0.15) is 11.1 Å². The summed E-state index contributed by atoms with van der Waals surface area (Å²) in [5.74, 6) is 0. The third-order valence-electron chi connectivity index (χ3n) is 4.25. The normalized spacial score (nSPS) is 26.0. The second-order valence-corrected chi connectivity index (χ2v) is 5.98. The summed E-state index contributed by atoms with van der Waals surface area (Å²) in [5, 5.41) is 9.63. The topological polar surface area (TPSA) is 57.2 Å². The van der Waals surface area contributed by atoms with Crippen LogP contribution in [0.4, 0.5) is 0 Å². The minimum absolute atomic E-state index is 0.148. The predicted molar refractivity (Wildman–Crippen MR) is 92.8 cm³/mol. The van der Waals surface area contributed by atoms with E-state index in [1.165, 1.54) is 0 Å². The van der Waals surface area contributed by atoms with Crippen LogP contribution in [-0.2, 0) is 32.2 Å². The predicted octanol–water partition coefficient (Wildman–Crippen LogP) is 2.52. The molecule has 0 spiro atoms. The molecule has 3 rings (SSSR count). The average Bonchev–Trinajstić information content (AvgIpc) is 3.03. The van der Waals surface area contributed by atoms with Crippen molar-refractivity contribution in [1.29, 1.82) is 0 Å². The van der Waals surface area contributed by atoms with Gasteiger partial charge in [0.2, 0.25) is 0 Å². The van der Waals surface area contributed by atoms with E-state index in [2.05, 4.69) is 0 Å². The van der Waals surface area contributed by atoms with Crippen LogP contribution in [0.5, 0.6) is 0 Å². The maximum atomic E-state index is 9.63. The summed E-state index contributed by atoms with van der Waals surface area (Å²) in [7, 11) is 1.57. The second kappa shape index (κ2) is 9.08. The van der Waals surface area contributed by atoms with Crippen LogP contribution in [-0.4, -0.2) is 43.4 Å². The molecule has 2 aromatic rings. The maximum absolute atomic E-state index is 9.63. The van der Waals surface area contributed by atoms with E-state index in [1.807, 2.05) is 60.7 Å². The van der Waals surface area contributed by atoms with E-state index in [-0.39, 0.29) is 6.61 Å². The van der Waals surface area contributed by atoms with E-state index >= 15 is 0 Å². The number of ether oxygens (including phenoxy) is 4. The van der Waals surface area contributed by atoms with Gasteiger partial charge in [-0.2, -0.15) is 0 Å². The minimum Gasteiger partial charge on any atom is -0.394 e. The smallest absolute Gasteiger partial charge is 0.186 e. The second-order valence-electron chi connectivity index (χ2n) is 5.98. The average molecular weight is 344 g/mol. The van der Waals surface area contributed by atoms with Gasteiger partial charge < -0.3 is 24.1 Å². The molecule has 0 radical (unpaired) electrons. The zero-order valence-corrected chi connectivity index (χ0v) is 14.3. The van der Waals surface area contributed by atoms with E-state index in [1.54, 1.807) is 7.11 Å². The molecule has 1 fully saturated rings. The Balaban J connectivity index is 1.66. The van der Waals surface area contributed by atoms with Crippen molar-refractivity contribution in [2.24, 2.45) is 0 Å². The van der Waals surface area contributed by atoms with Crippen LogP contribution >= 0.6 is 0 Å². The zero-order valence-electron chi connectivity index (χ0n) is 14.3. The highest BCUT2D eigenvalue weighted by atomic mass is 16.7. The fraction of sp³-hybridized carbons (Fsp3) is 0.400. The maximum Gasteiger partial charge on any atom is 0.186 e. The highest BCUT2D eigenvalue weighted by Gasteiger charge is 2.46. The molecule has 5 nitrogen and oxygen atoms in total. The Morgan fingerprint density at radius 3 is 1.84 bits per heavy atom. The van der Waals surface area contributed by atoms with E-state index < -0.39 is 24.6 Å². The molecule has 1 heterocycles. The summed E-state index contributed by atoms with van der Waals surface area (Å²) in [6.07, 6.45) is -1.86. The first-order valence-electron chi connectivity index (χ1n) is 8.42. The minimum atomic E-state index is -0.568. The zero-order chi connectivity index (χ0) is 17.5. The van der Waals surface area contributed by atoms with E-state index in [0.717, 1.165) is 11.1 Å². The third-order valence-corrected chi connectivity index (χ3v) is 4.25. The van der Waals surface area contributed by atoms with Gasteiger partial charge in [0.25, 0.3) is 0 Å². The lowest BCUT2D eigenvalue weighted by atomic mass is 10.1. The molecule has 0 aromatic heterocycles. The monoisotopic (exact) mass is 344 g/mol. The molecule has 0 aliphatic carbocycles. The lowest BCUT2D eigenvalue weighted by molar-refractivity contribution is -0.169. The fourth-order valence-corrected chi connectivity index (χ4v) is 2.94. The Hall–Kier alpha value is -1.76. The van der Waals surface area contributed by atoms with E-state index in [4.69, 9.17) is 18.9 Å². The first kappa shape index (κ1) is 18.0. The summed E-state index contributed by atoms with van der Waals surface area (Å²) in [5.41, 5.74) is 2.12. The molecule has 1 unspecified atom stereocenters. The molecule has 4 atom stereocenters. The molecule has 0 amide bonds. The molecule has 1 aliphatic rings. The van der Waals surface area contributed by atoms with Gasteiger partial charge in [0.05, 0.1) is 19.8 Å². The molecular formula is C20H24O5. The van der Waals surface area contributed by atoms with Crippen LogP contribution in [0.15, 0.2) is 60.7 Å². The molecule has 1 N–H and O–H groups in total. The SMILES string of the molecule is COC1O[C@@H](CO)[C@@H](OCc2ccccc2)[C@@H]1OCc1ccccc1. The number of hydrogen-bond acceptors (Lipinski definition) is 5. The summed E-state index contributed by atoms with van der Waals surface area (Å²) in [6, 6.07) is 19.8. The van der Waals surface area contributed by atoms with Gasteiger partial charge in [-0.3, -0.25) is 0 Å². The number of aliphatic hydroxyl groups is 1. The summed E-state index contributed by atoms with van der Waals surface area (Å²) in [4.78, 5) is 0. The lowest BCUT2D eigenvalue weighted by Gasteiger charge is -2.24. The van der Waals surface area contributed by atoms with Crippen LogP contribution < -0.4 is 0 Å². The van der Waals surface area contributed by atoms with Crippen molar-refractivity contribution in [2.75, 3.05) is 13.7 Å². The molecule has 1 aliphatic heterocycles. The first-order chi connectivity index (χ1) is 12.3. The van der Waals surface area contributed by atoms with Crippen molar-refractivity contribution in [3.8, 4) is 0 Å². The Morgan fingerprint density at radius 2 is 1.36 bits per heavy atom. The van der Waals surface area contributed by atoms with Crippen molar-refractivity contribution in [3.05, 3.63) is 71.8 Å². The van der Waals surface area contributed by atoms with Gasteiger partial charge in [0.15, 0.2) is 6.29 Å². The Kier molecular flexibility index (Phi) is 6.55. The van der Waals surface area contributed by atoms with E-state index in [9.17, 15) is 5.11 Å². The van der Waals surface area contributed by atoms with Crippen molar-refractivity contribution in [1.82, 2.24) is 0 Å². The number of benzene rings is 2. The molecule has 0 saturated carbocycles. The van der Waals surface area contributed by atoms with Crippen LogP contribution in [0.2, 0.25) is 0 Å². The van der Waals surface area contributed by atoms with Gasteiger partial charge in [-0.05, 0) is 11.1 Å². The van der Waals surface area contributed by atoms with Gasteiger partial charge in [0, 0.05) is 7.11 Å². The van der Waals surface area contributed by atoms with Crippen molar-refractivity contribution in [2.45, 2.75) is 37.8 Å².